The number of hydrogen-bond acceptors (Lipinski definition) is 5. The Kier molecular flexibility index (Phi) is 11.3. The van der Waals surface area contributed by atoms with E-state index in [9.17, 15) is 0 Å². The molecule has 1 aromatic carbocycles. The molecule has 1 saturated heterocycles. The van der Waals surface area contributed by atoms with Crippen molar-refractivity contribution in [2.24, 2.45) is 4.99 Å². The van der Waals surface area contributed by atoms with Gasteiger partial charge in [-0.1, -0.05) is 24.3 Å². The maximum Gasteiger partial charge on any atom is 0.191 e. The summed E-state index contributed by atoms with van der Waals surface area (Å²) < 4.78 is 16.7. The number of nitrogens with zero attached hydrogens (tertiary/aromatic N) is 2. The van der Waals surface area contributed by atoms with Crippen molar-refractivity contribution in [3.8, 4) is 0 Å². The lowest BCUT2D eigenvalue weighted by Crippen LogP contribution is -2.44. The second kappa shape index (κ2) is 13.7. The van der Waals surface area contributed by atoms with Crippen LogP contribution in [-0.2, 0) is 29.1 Å². The van der Waals surface area contributed by atoms with E-state index in [1.807, 2.05) is 12.1 Å². The largest absolute Gasteiger partial charge is 0.468 e. The molecule has 0 amide bonds. The van der Waals surface area contributed by atoms with Crippen LogP contribution in [0.1, 0.15) is 30.2 Å². The number of rotatable bonds is 10. The van der Waals surface area contributed by atoms with Crippen LogP contribution >= 0.6 is 24.0 Å². The van der Waals surface area contributed by atoms with Gasteiger partial charge in [0.1, 0.15) is 5.76 Å². The maximum atomic E-state index is 5.90. The summed E-state index contributed by atoms with van der Waals surface area (Å²) in [5.41, 5.74) is 2.53. The fourth-order valence-electron chi connectivity index (χ4n) is 3.47. The molecule has 2 unspecified atom stereocenters. The van der Waals surface area contributed by atoms with Crippen molar-refractivity contribution in [2.45, 2.75) is 45.1 Å². The highest BCUT2D eigenvalue weighted by molar-refractivity contribution is 14.0. The van der Waals surface area contributed by atoms with Crippen LogP contribution in [0.3, 0.4) is 0 Å². The second-order valence-corrected chi connectivity index (χ2v) is 7.81. The summed E-state index contributed by atoms with van der Waals surface area (Å²) in [6.45, 7) is 6.55. The summed E-state index contributed by atoms with van der Waals surface area (Å²) in [5.74, 6) is 1.74. The molecule has 8 heteroatoms. The summed E-state index contributed by atoms with van der Waals surface area (Å²) >= 11 is 0. The first-order valence-corrected chi connectivity index (χ1v) is 10.6. The van der Waals surface area contributed by atoms with Crippen molar-refractivity contribution in [2.75, 3.05) is 33.9 Å². The Morgan fingerprint density at radius 2 is 2.03 bits per heavy atom. The standard InChI is InChI=1S/C23H34N4O3.HI/c1-18(16-30-22-10-12-28-17-22)26-23(24-2)25-13-19-7-4-5-8-20(19)14-27(3)15-21-9-6-11-29-21;/h4-9,11,18,22H,10,12-17H2,1-3H3,(H2,24,25,26);1H. The number of nitrogens with one attached hydrogen (secondary N) is 2. The van der Waals surface area contributed by atoms with E-state index in [0.717, 1.165) is 37.8 Å². The van der Waals surface area contributed by atoms with Crippen LogP contribution < -0.4 is 10.6 Å². The van der Waals surface area contributed by atoms with Gasteiger partial charge in [-0.05, 0) is 43.7 Å². The predicted molar refractivity (Wildman–Crippen MR) is 134 cm³/mol. The number of benzene rings is 1. The molecule has 0 radical (unpaired) electrons. The highest BCUT2D eigenvalue weighted by Crippen LogP contribution is 2.13. The zero-order valence-corrected chi connectivity index (χ0v) is 21.0. The minimum Gasteiger partial charge on any atom is -0.468 e. The normalized spacial score (nSPS) is 17.4. The van der Waals surface area contributed by atoms with Crippen LogP contribution in [0, 0.1) is 0 Å². The van der Waals surface area contributed by atoms with E-state index in [1.54, 1.807) is 13.3 Å². The maximum absolute atomic E-state index is 5.90. The highest BCUT2D eigenvalue weighted by Gasteiger charge is 2.17. The lowest BCUT2D eigenvalue weighted by Gasteiger charge is -2.21. The molecule has 2 aromatic rings. The van der Waals surface area contributed by atoms with E-state index in [1.165, 1.54) is 11.1 Å². The van der Waals surface area contributed by atoms with Gasteiger partial charge >= 0.3 is 0 Å². The van der Waals surface area contributed by atoms with Crippen LogP contribution in [-0.4, -0.2) is 56.9 Å². The smallest absolute Gasteiger partial charge is 0.191 e. The molecule has 1 aliphatic rings. The van der Waals surface area contributed by atoms with Crippen molar-refractivity contribution in [3.05, 3.63) is 59.5 Å². The summed E-state index contributed by atoms with van der Waals surface area (Å²) in [5, 5.41) is 6.83. The van der Waals surface area contributed by atoms with Crippen molar-refractivity contribution < 1.29 is 13.9 Å². The van der Waals surface area contributed by atoms with Gasteiger partial charge in [-0.25, -0.2) is 0 Å². The first-order chi connectivity index (χ1) is 14.6. The molecular weight excluding hydrogens is 507 g/mol. The fraction of sp³-hybridized carbons (Fsp3) is 0.522. The van der Waals surface area contributed by atoms with Gasteiger partial charge in [0.25, 0.3) is 0 Å². The molecule has 3 rings (SSSR count). The Labute approximate surface area is 202 Å². The lowest BCUT2D eigenvalue weighted by atomic mass is 10.1. The van der Waals surface area contributed by atoms with Gasteiger partial charge in [-0.2, -0.15) is 0 Å². The number of furan rings is 1. The van der Waals surface area contributed by atoms with Gasteiger partial charge in [0.2, 0.25) is 0 Å². The third kappa shape index (κ3) is 8.80. The monoisotopic (exact) mass is 542 g/mol. The Morgan fingerprint density at radius 3 is 2.71 bits per heavy atom. The van der Waals surface area contributed by atoms with Gasteiger partial charge in [0.15, 0.2) is 5.96 Å². The van der Waals surface area contributed by atoms with Crippen LogP contribution in [0.5, 0.6) is 0 Å². The Hall–Kier alpha value is -1.62. The van der Waals surface area contributed by atoms with Crippen LogP contribution in [0.4, 0.5) is 0 Å². The number of halogens is 1. The zero-order chi connectivity index (χ0) is 21.2. The lowest BCUT2D eigenvalue weighted by molar-refractivity contribution is 0.0347. The van der Waals surface area contributed by atoms with Gasteiger partial charge in [0.05, 0.1) is 32.1 Å². The van der Waals surface area contributed by atoms with Gasteiger partial charge < -0.3 is 24.5 Å². The summed E-state index contributed by atoms with van der Waals surface area (Å²) in [7, 11) is 3.89. The topological polar surface area (TPSA) is 71.3 Å². The van der Waals surface area contributed by atoms with Crippen molar-refractivity contribution >= 4 is 29.9 Å². The van der Waals surface area contributed by atoms with E-state index in [-0.39, 0.29) is 36.1 Å². The molecule has 31 heavy (non-hydrogen) atoms. The summed E-state index contributed by atoms with van der Waals surface area (Å²) in [4.78, 5) is 6.60. The molecule has 0 saturated carbocycles. The Balaban J connectivity index is 0.00000341. The number of ether oxygens (including phenoxy) is 2. The van der Waals surface area contributed by atoms with Crippen molar-refractivity contribution in [1.29, 1.82) is 0 Å². The van der Waals surface area contributed by atoms with E-state index in [2.05, 4.69) is 58.8 Å². The first-order valence-electron chi connectivity index (χ1n) is 10.6. The minimum atomic E-state index is 0. The van der Waals surface area contributed by atoms with Gasteiger partial charge in [0, 0.05) is 32.8 Å². The third-order valence-corrected chi connectivity index (χ3v) is 5.09. The zero-order valence-electron chi connectivity index (χ0n) is 18.7. The van der Waals surface area contributed by atoms with Gasteiger partial charge in [-0.3, -0.25) is 9.89 Å². The molecule has 2 N–H and O–H groups in total. The third-order valence-electron chi connectivity index (χ3n) is 5.09. The predicted octanol–water partition coefficient (Wildman–Crippen LogP) is 3.39. The fourth-order valence-corrected chi connectivity index (χ4v) is 3.47. The number of aliphatic imine (C=N–C) groups is 1. The van der Waals surface area contributed by atoms with Crippen molar-refractivity contribution in [1.82, 2.24) is 15.5 Å². The summed E-state index contributed by atoms with van der Waals surface area (Å²) in [6, 6.07) is 12.6. The molecule has 0 aliphatic carbocycles. The molecule has 0 spiro atoms. The SMILES string of the molecule is CN=C(NCc1ccccc1CN(C)Cc1ccco1)NC(C)COC1CCOC1.I. The molecule has 7 nitrogen and oxygen atoms in total. The first kappa shape index (κ1) is 25.6. The number of hydrogen-bond donors (Lipinski definition) is 2. The molecule has 2 atom stereocenters. The molecule has 0 bridgehead atoms. The molecule has 1 aliphatic heterocycles. The van der Waals surface area contributed by atoms with E-state index >= 15 is 0 Å². The quantitative estimate of drug-likeness (QED) is 0.273. The molecule has 172 valence electrons. The number of guanidine groups is 1. The molecule has 1 aromatic heterocycles. The average Bonchev–Trinajstić information content (AvgIpc) is 3.44. The summed E-state index contributed by atoms with van der Waals surface area (Å²) in [6.07, 6.45) is 2.91. The van der Waals surface area contributed by atoms with Crippen molar-refractivity contribution in [3.63, 3.8) is 0 Å². The van der Waals surface area contributed by atoms with Gasteiger partial charge in [-0.15, -0.1) is 24.0 Å². The highest BCUT2D eigenvalue weighted by atomic mass is 127. The van der Waals surface area contributed by atoms with Crippen LogP contribution in [0.2, 0.25) is 0 Å². The van der Waals surface area contributed by atoms with E-state index in [0.29, 0.717) is 19.8 Å². The van der Waals surface area contributed by atoms with Crippen LogP contribution in [0.15, 0.2) is 52.1 Å². The second-order valence-electron chi connectivity index (χ2n) is 7.81. The molecule has 1 fully saturated rings. The Bertz CT molecular complexity index is 779. The van der Waals surface area contributed by atoms with Crippen LogP contribution in [0.25, 0.3) is 0 Å². The average molecular weight is 542 g/mol. The molecular formula is C23H35IN4O3. The van der Waals surface area contributed by atoms with E-state index < -0.39 is 0 Å². The molecule has 2 heterocycles. The minimum absolute atomic E-state index is 0. The Morgan fingerprint density at radius 1 is 1.23 bits per heavy atom. The van der Waals surface area contributed by atoms with E-state index in [4.69, 9.17) is 13.9 Å².